The van der Waals surface area contributed by atoms with Crippen molar-refractivity contribution in [1.82, 2.24) is 9.78 Å². The fourth-order valence-electron chi connectivity index (χ4n) is 3.89. The number of hydrogen-bond acceptors (Lipinski definition) is 1. The van der Waals surface area contributed by atoms with E-state index in [1.165, 1.54) is 34.4 Å². The molecule has 0 aliphatic carbocycles. The number of hydrogen-bond donors (Lipinski definition) is 0. The molecule has 31 heavy (non-hydrogen) atoms. The van der Waals surface area contributed by atoms with Crippen molar-refractivity contribution in [2.24, 2.45) is 0 Å². The van der Waals surface area contributed by atoms with E-state index in [1.807, 2.05) is 4.68 Å². The van der Waals surface area contributed by atoms with Crippen LogP contribution in [0.5, 0.6) is 0 Å². The van der Waals surface area contributed by atoms with Gasteiger partial charge in [-0.3, -0.25) is 4.68 Å². The van der Waals surface area contributed by atoms with Gasteiger partial charge in [0.25, 0.3) is 0 Å². The summed E-state index contributed by atoms with van der Waals surface area (Å²) in [6.45, 7) is 11.0. The molecule has 4 heteroatoms. The number of rotatable bonds is 4. The van der Waals surface area contributed by atoms with Gasteiger partial charge in [0.15, 0.2) is 0 Å². The fraction of sp³-hybridized carbons (Fsp3) is 0.222. The van der Waals surface area contributed by atoms with Gasteiger partial charge in [0, 0.05) is 21.7 Å². The molecule has 1 aromatic heterocycles. The second-order valence-corrected chi connectivity index (χ2v) is 8.72. The highest BCUT2D eigenvalue weighted by atomic mass is 35.5. The summed E-state index contributed by atoms with van der Waals surface area (Å²) in [4.78, 5) is 0. The molecule has 0 aliphatic heterocycles. The summed E-state index contributed by atoms with van der Waals surface area (Å²) in [5.74, 6) is -0.337. The third-order valence-corrected chi connectivity index (χ3v) is 6.44. The number of benzene rings is 3. The van der Waals surface area contributed by atoms with Crippen LogP contribution in [0, 0.1) is 40.4 Å². The molecule has 4 aromatic rings. The third-order valence-electron chi connectivity index (χ3n) is 6.09. The summed E-state index contributed by atoms with van der Waals surface area (Å²) in [6, 6.07) is 17.4. The SMILES string of the molecule is Cc1ccc(-c2nn(Cc3ccc(F)cc3Cl)c(-c3ccc(C)c(C)c3)c2C)cc1C. The highest BCUT2D eigenvalue weighted by Gasteiger charge is 2.19. The summed E-state index contributed by atoms with van der Waals surface area (Å²) >= 11 is 6.34. The van der Waals surface area contributed by atoms with Crippen molar-refractivity contribution in [1.29, 1.82) is 0 Å². The highest BCUT2D eigenvalue weighted by molar-refractivity contribution is 6.31. The van der Waals surface area contributed by atoms with Crippen LogP contribution in [0.25, 0.3) is 22.5 Å². The molecule has 0 N–H and O–H groups in total. The molecule has 0 spiro atoms. The molecule has 158 valence electrons. The van der Waals surface area contributed by atoms with Gasteiger partial charge < -0.3 is 0 Å². The van der Waals surface area contributed by atoms with Crippen LogP contribution in [0.2, 0.25) is 5.02 Å². The predicted molar refractivity (Wildman–Crippen MR) is 127 cm³/mol. The van der Waals surface area contributed by atoms with Crippen LogP contribution in [-0.2, 0) is 6.54 Å². The molecular formula is C27H26ClFN2. The van der Waals surface area contributed by atoms with Gasteiger partial charge in [-0.05, 0) is 86.7 Å². The fourth-order valence-corrected chi connectivity index (χ4v) is 4.12. The van der Waals surface area contributed by atoms with Crippen molar-refractivity contribution in [3.63, 3.8) is 0 Å². The Hall–Kier alpha value is -2.91. The van der Waals surface area contributed by atoms with Gasteiger partial charge in [-0.1, -0.05) is 41.9 Å². The number of aromatic nitrogens is 2. The van der Waals surface area contributed by atoms with Crippen LogP contribution < -0.4 is 0 Å². The minimum absolute atomic E-state index is 0.337. The first-order chi connectivity index (χ1) is 14.7. The Balaban J connectivity index is 1.90. The first-order valence-corrected chi connectivity index (χ1v) is 10.8. The molecule has 4 rings (SSSR count). The number of nitrogens with zero attached hydrogens (tertiary/aromatic N) is 2. The Morgan fingerprint density at radius 1 is 0.774 bits per heavy atom. The Morgan fingerprint density at radius 3 is 2.00 bits per heavy atom. The van der Waals surface area contributed by atoms with Crippen LogP contribution >= 0.6 is 11.6 Å². The van der Waals surface area contributed by atoms with E-state index < -0.39 is 0 Å². The lowest BCUT2D eigenvalue weighted by molar-refractivity contribution is 0.625. The minimum atomic E-state index is -0.337. The molecular weight excluding hydrogens is 407 g/mol. The van der Waals surface area contributed by atoms with Gasteiger partial charge in [0.1, 0.15) is 5.82 Å². The Morgan fingerprint density at radius 2 is 1.39 bits per heavy atom. The molecule has 0 amide bonds. The van der Waals surface area contributed by atoms with Gasteiger partial charge in [0.2, 0.25) is 0 Å². The van der Waals surface area contributed by atoms with E-state index in [1.54, 1.807) is 6.07 Å². The average molecular weight is 433 g/mol. The Kier molecular flexibility index (Phi) is 5.72. The van der Waals surface area contributed by atoms with Gasteiger partial charge in [-0.2, -0.15) is 5.10 Å². The second-order valence-electron chi connectivity index (χ2n) is 8.31. The average Bonchev–Trinajstić information content (AvgIpc) is 3.04. The molecule has 3 aromatic carbocycles. The largest absolute Gasteiger partial charge is 0.259 e. The van der Waals surface area contributed by atoms with Gasteiger partial charge >= 0.3 is 0 Å². The number of aryl methyl sites for hydroxylation is 4. The van der Waals surface area contributed by atoms with Crippen LogP contribution in [0.3, 0.4) is 0 Å². The van der Waals surface area contributed by atoms with Gasteiger partial charge in [-0.15, -0.1) is 0 Å². The maximum absolute atomic E-state index is 13.6. The van der Waals surface area contributed by atoms with E-state index in [2.05, 4.69) is 71.0 Å². The quantitative estimate of drug-likeness (QED) is 0.324. The molecule has 0 saturated heterocycles. The van der Waals surface area contributed by atoms with Crippen LogP contribution in [0.15, 0.2) is 54.6 Å². The minimum Gasteiger partial charge on any atom is -0.259 e. The van der Waals surface area contributed by atoms with Crippen LogP contribution in [-0.4, -0.2) is 9.78 Å². The molecule has 0 radical (unpaired) electrons. The zero-order valence-corrected chi connectivity index (χ0v) is 19.3. The van der Waals surface area contributed by atoms with Crippen molar-refractivity contribution < 1.29 is 4.39 Å². The van der Waals surface area contributed by atoms with Crippen LogP contribution in [0.1, 0.15) is 33.4 Å². The molecule has 2 nitrogen and oxygen atoms in total. The van der Waals surface area contributed by atoms with Crippen LogP contribution in [0.4, 0.5) is 4.39 Å². The summed E-state index contributed by atoms with van der Waals surface area (Å²) in [6.07, 6.45) is 0. The lowest BCUT2D eigenvalue weighted by Gasteiger charge is -2.12. The molecule has 0 atom stereocenters. The first kappa shape index (κ1) is 21.3. The molecule has 0 bridgehead atoms. The predicted octanol–water partition coefficient (Wildman–Crippen LogP) is 7.60. The number of halogens is 2. The van der Waals surface area contributed by atoms with Crippen molar-refractivity contribution in [3.05, 3.63) is 98.8 Å². The van der Waals surface area contributed by atoms with Crippen molar-refractivity contribution >= 4 is 11.6 Å². The zero-order valence-electron chi connectivity index (χ0n) is 18.6. The normalized spacial score (nSPS) is 11.2. The molecule has 0 unspecified atom stereocenters. The van der Waals surface area contributed by atoms with Gasteiger partial charge in [-0.25, -0.2) is 4.39 Å². The van der Waals surface area contributed by atoms with Crippen molar-refractivity contribution in [2.45, 2.75) is 41.2 Å². The maximum atomic E-state index is 13.6. The van der Waals surface area contributed by atoms with Gasteiger partial charge in [0.05, 0.1) is 17.9 Å². The standard InChI is InChI=1S/C27H26ClFN2/c1-16-6-8-21(12-18(16)3)26-20(5)27(22-9-7-17(2)19(4)13-22)31(30-26)15-23-10-11-24(29)14-25(23)28/h6-14H,15H2,1-5H3. The van der Waals surface area contributed by atoms with E-state index in [-0.39, 0.29) is 5.82 Å². The summed E-state index contributed by atoms with van der Waals surface area (Å²) in [5.41, 5.74) is 11.1. The van der Waals surface area contributed by atoms with E-state index in [9.17, 15) is 4.39 Å². The topological polar surface area (TPSA) is 17.8 Å². The van der Waals surface area contributed by atoms with E-state index in [0.29, 0.717) is 11.6 Å². The van der Waals surface area contributed by atoms with E-state index >= 15 is 0 Å². The Labute approximate surface area is 188 Å². The zero-order chi connectivity index (χ0) is 22.3. The summed E-state index contributed by atoms with van der Waals surface area (Å²) < 4.78 is 15.6. The molecule has 0 saturated carbocycles. The lowest BCUT2D eigenvalue weighted by Crippen LogP contribution is -2.05. The maximum Gasteiger partial charge on any atom is 0.124 e. The second kappa shape index (κ2) is 8.32. The van der Waals surface area contributed by atoms with E-state index in [0.717, 1.165) is 33.6 Å². The molecule has 1 heterocycles. The van der Waals surface area contributed by atoms with Crippen molar-refractivity contribution in [3.8, 4) is 22.5 Å². The monoisotopic (exact) mass is 432 g/mol. The Bertz CT molecular complexity index is 1290. The third kappa shape index (κ3) is 4.15. The lowest BCUT2D eigenvalue weighted by atomic mass is 9.98. The molecule has 0 aliphatic rings. The van der Waals surface area contributed by atoms with Crippen molar-refractivity contribution in [2.75, 3.05) is 0 Å². The smallest absolute Gasteiger partial charge is 0.124 e. The summed E-state index contributed by atoms with van der Waals surface area (Å²) in [7, 11) is 0. The highest BCUT2D eigenvalue weighted by Crippen LogP contribution is 2.34. The summed E-state index contributed by atoms with van der Waals surface area (Å²) in [5, 5.41) is 5.41. The van der Waals surface area contributed by atoms with E-state index in [4.69, 9.17) is 16.7 Å². The molecule has 0 fully saturated rings. The first-order valence-electron chi connectivity index (χ1n) is 10.4.